The van der Waals surface area contributed by atoms with Gasteiger partial charge < -0.3 is 0 Å². The van der Waals surface area contributed by atoms with Crippen LogP contribution in [0, 0.1) is 24.1 Å². The van der Waals surface area contributed by atoms with Crippen LogP contribution in [-0.4, -0.2) is 5.78 Å². The highest BCUT2D eigenvalue weighted by Gasteiger charge is 2.22. The Morgan fingerprint density at radius 1 is 1.30 bits per heavy atom. The Balaban J connectivity index is 2.39. The summed E-state index contributed by atoms with van der Waals surface area (Å²) in [7, 11) is 0. The number of nitriles is 1. The summed E-state index contributed by atoms with van der Waals surface area (Å²) in [4.78, 5) is 12.3. The number of rotatable bonds is 3. The molecule has 2 rings (SSSR count). The fraction of sp³-hybridized carbons (Fsp3) is 0.125. The maximum atomic E-state index is 13.1. The van der Waals surface area contributed by atoms with Gasteiger partial charge in [0.15, 0.2) is 5.78 Å². The Morgan fingerprint density at radius 3 is 2.65 bits per heavy atom. The summed E-state index contributed by atoms with van der Waals surface area (Å²) in [5.74, 6) is -1.90. The molecule has 100 valence electrons. The van der Waals surface area contributed by atoms with E-state index in [2.05, 4.69) is 0 Å². The quantitative estimate of drug-likeness (QED) is 0.791. The topological polar surface area (TPSA) is 40.9 Å². The van der Waals surface area contributed by atoms with Gasteiger partial charge in [0.25, 0.3) is 0 Å². The second kappa shape index (κ2) is 5.85. The molecule has 2 aromatic carbocycles. The predicted molar refractivity (Wildman–Crippen MR) is 75.3 cm³/mol. The number of nitrogens with zero attached hydrogens (tertiary/aromatic N) is 1. The molecule has 0 bridgehead atoms. The molecule has 0 aromatic heterocycles. The van der Waals surface area contributed by atoms with Crippen LogP contribution < -0.4 is 0 Å². The fourth-order valence-electron chi connectivity index (χ4n) is 1.95. The molecular formula is C16H11ClFNO. The minimum absolute atomic E-state index is 0.128. The van der Waals surface area contributed by atoms with Crippen molar-refractivity contribution < 1.29 is 9.18 Å². The van der Waals surface area contributed by atoms with Gasteiger partial charge in [-0.05, 0) is 30.7 Å². The number of benzene rings is 2. The lowest BCUT2D eigenvalue weighted by Crippen LogP contribution is -2.11. The van der Waals surface area contributed by atoms with Crippen LogP contribution in [0.15, 0.2) is 42.5 Å². The molecule has 2 nitrogen and oxygen atoms in total. The number of ketones is 1. The highest BCUT2D eigenvalue weighted by Crippen LogP contribution is 2.24. The molecule has 0 aliphatic heterocycles. The summed E-state index contributed by atoms with van der Waals surface area (Å²) < 4.78 is 13.1. The molecule has 0 saturated carbocycles. The number of hydrogen-bond acceptors (Lipinski definition) is 2. The molecular weight excluding hydrogens is 277 g/mol. The molecule has 20 heavy (non-hydrogen) atoms. The van der Waals surface area contributed by atoms with Crippen LogP contribution in [0.25, 0.3) is 0 Å². The molecule has 0 fully saturated rings. The van der Waals surface area contributed by atoms with Crippen LogP contribution in [0.3, 0.4) is 0 Å². The van der Waals surface area contributed by atoms with E-state index in [4.69, 9.17) is 11.6 Å². The van der Waals surface area contributed by atoms with Gasteiger partial charge in [-0.2, -0.15) is 5.26 Å². The zero-order valence-corrected chi connectivity index (χ0v) is 11.5. The average molecular weight is 288 g/mol. The molecule has 4 heteroatoms. The maximum absolute atomic E-state index is 13.1. The summed E-state index contributed by atoms with van der Waals surface area (Å²) >= 11 is 5.67. The SMILES string of the molecule is Cc1cccc(C(C#N)C(=O)c2ccc(F)c(Cl)c2)c1. The van der Waals surface area contributed by atoms with E-state index >= 15 is 0 Å². The minimum Gasteiger partial charge on any atom is -0.292 e. The van der Waals surface area contributed by atoms with Crippen LogP contribution in [-0.2, 0) is 0 Å². The third kappa shape index (κ3) is 2.87. The maximum Gasteiger partial charge on any atom is 0.184 e. The van der Waals surface area contributed by atoms with Crippen molar-refractivity contribution in [1.82, 2.24) is 0 Å². The predicted octanol–water partition coefficient (Wildman–Crippen LogP) is 4.28. The molecule has 1 atom stereocenters. The van der Waals surface area contributed by atoms with E-state index in [-0.39, 0.29) is 16.4 Å². The fourth-order valence-corrected chi connectivity index (χ4v) is 2.13. The first kappa shape index (κ1) is 14.2. The van der Waals surface area contributed by atoms with E-state index in [1.807, 2.05) is 19.1 Å². The van der Waals surface area contributed by atoms with Crippen molar-refractivity contribution in [3.05, 3.63) is 70.0 Å². The standard InChI is InChI=1S/C16H11ClFNO/c1-10-3-2-4-11(7-10)13(9-19)16(20)12-5-6-15(18)14(17)8-12/h2-8,13H,1H3. The highest BCUT2D eigenvalue weighted by molar-refractivity contribution is 6.31. The molecule has 0 N–H and O–H groups in total. The van der Waals surface area contributed by atoms with Crippen molar-refractivity contribution >= 4 is 17.4 Å². The zero-order valence-electron chi connectivity index (χ0n) is 10.7. The molecule has 0 radical (unpaired) electrons. The smallest absolute Gasteiger partial charge is 0.184 e. The Morgan fingerprint density at radius 2 is 2.05 bits per heavy atom. The number of Topliss-reactive ketones (excluding diaryl/α,β-unsaturated/α-hetero) is 1. The highest BCUT2D eigenvalue weighted by atomic mass is 35.5. The van der Waals surface area contributed by atoms with Crippen LogP contribution >= 0.6 is 11.6 Å². The molecule has 2 aromatic rings. The monoisotopic (exact) mass is 287 g/mol. The van der Waals surface area contributed by atoms with E-state index < -0.39 is 11.7 Å². The Labute approximate surface area is 121 Å². The van der Waals surface area contributed by atoms with Gasteiger partial charge in [0, 0.05) is 5.56 Å². The van der Waals surface area contributed by atoms with Crippen molar-refractivity contribution in [2.24, 2.45) is 0 Å². The zero-order chi connectivity index (χ0) is 14.7. The molecule has 0 aliphatic rings. The second-order valence-electron chi connectivity index (χ2n) is 4.47. The van der Waals surface area contributed by atoms with Crippen LogP contribution in [0.1, 0.15) is 27.4 Å². The summed E-state index contributed by atoms with van der Waals surface area (Å²) in [6, 6.07) is 12.9. The molecule has 0 heterocycles. The van der Waals surface area contributed by atoms with Crippen molar-refractivity contribution in [2.45, 2.75) is 12.8 Å². The number of carbonyl (C=O) groups excluding carboxylic acids is 1. The van der Waals surface area contributed by atoms with Crippen molar-refractivity contribution in [3.8, 4) is 6.07 Å². The minimum atomic E-state index is -0.920. The van der Waals surface area contributed by atoms with E-state index in [1.54, 1.807) is 18.2 Å². The second-order valence-corrected chi connectivity index (χ2v) is 4.88. The van der Waals surface area contributed by atoms with Gasteiger partial charge in [-0.15, -0.1) is 0 Å². The van der Waals surface area contributed by atoms with Gasteiger partial charge >= 0.3 is 0 Å². The van der Waals surface area contributed by atoms with Crippen molar-refractivity contribution in [2.75, 3.05) is 0 Å². The third-order valence-electron chi connectivity index (χ3n) is 2.97. The normalized spacial score (nSPS) is 11.7. The summed E-state index contributed by atoms with van der Waals surface area (Å²) in [5.41, 5.74) is 1.81. The van der Waals surface area contributed by atoms with Crippen LogP contribution in [0.4, 0.5) is 4.39 Å². The number of hydrogen-bond donors (Lipinski definition) is 0. The van der Waals surface area contributed by atoms with Crippen LogP contribution in [0.2, 0.25) is 5.02 Å². The summed E-state index contributed by atoms with van der Waals surface area (Å²) in [6.07, 6.45) is 0. The average Bonchev–Trinajstić information content (AvgIpc) is 2.42. The van der Waals surface area contributed by atoms with Crippen molar-refractivity contribution in [3.63, 3.8) is 0 Å². The first-order valence-electron chi connectivity index (χ1n) is 5.98. The lowest BCUT2D eigenvalue weighted by molar-refractivity contribution is 0.0979. The first-order chi connectivity index (χ1) is 9.52. The number of aryl methyl sites for hydroxylation is 1. The lowest BCUT2D eigenvalue weighted by Gasteiger charge is -2.10. The largest absolute Gasteiger partial charge is 0.292 e. The third-order valence-corrected chi connectivity index (χ3v) is 3.26. The molecule has 0 saturated heterocycles. The van der Waals surface area contributed by atoms with Gasteiger partial charge in [0.05, 0.1) is 11.1 Å². The van der Waals surface area contributed by atoms with Crippen molar-refractivity contribution in [1.29, 1.82) is 5.26 Å². The van der Waals surface area contributed by atoms with Gasteiger partial charge in [-0.25, -0.2) is 4.39 Å². The molecule has 0 amide bonds. The molecule has 1 unspecified atom stereocenters. The van der Waals surface area contributed by atoms with Crippen LogP contribution in [0.5, 0.6) is 0 Å². The summed E-state index contributed by atoms with van der Waals surface area (Å²) in [6.45, 7) is 1.89. The summed E-state index contributed by atoms with van der Waals surface area (Å²) in [5, 5.41) is 9.12. The Hall–Kier alpha value is -2.18. The van der Waals surface area contributed by atoms with E-state index in [1.165, 1.54) is 12.1 Å². The van der Waals surface area contributed by atoms with Gasteiger partial charge in [-0.3, -0.25) is 4.79 Å². The molecule has 0 spiro atoms. The van der Waals surface area contributed by atoms with Gasteiger partial charge in [-0.1, -0.05) is 41.4 Å². The van der Waals surface area contributed by atoms with Gasteiger partial charge in [0.1, 0.15) is 11.7 Å². The number of halogens is 2. The van der Waals surface area contributed by atoms with E-state index in [0.717, 1.165) is 11.6 Å². The van der Waals surface area contributed by atoms with Gasteiger partial charge in [0.2, 0.25) is 0 Å². The van der Waals surface area contributed by atoms with E-state index in [0.29, 0.717) is 5.56 Å². The first-order valence-corrected chi connectivity index (χ1v) is 6.36. The lowest BCUT2D eigenvalue weighted by atomic mass is 9.91. The number of carbonyl (C=O) groups is 1. The molecule has 0 aliphatic carbocycles. The van der Waals surface area contributed by atoms with E-state index in [9.17, 15) is 14.4 Å². The Bertz CT molecular complexity index is 706. The Kier molecular flexibility index (Phi) is 4.16.